The predicted octanol–water partition coefficient (Wildman–Crippen LogP) is 2.36. The minimum absolute atomic E-state index is 0.236. The first kappa shape index (κ1) is 12.6. The van der Waals surface area contributed by atoms with Crippen LogP contribution in [0.3, 0.4) is 0 Å². The highest BCUT2D eigenvalue weighted by atomic mass is 35.5. The van der Waals surface area contributed by atoms with Crippen molar-refractivity contribution >= 4 is 23.4 Å². The molecule has 0 aromatic heterocycles. The number of hydrogen-bond donors (Lipinski definition) is 0. The lowest BCUT2D eigenvalue weighted by molar-refractivity contribution is -0.139. The van der Waals surface area contributed by atoms with Gasteiger partial charge in [0.1, 0.15) is 16.7 Å². The second-order valence-electron chi connectivity index (χ2n) is 2.96. The summed E-state index contributed by atoms with van der Waals surface area (Å²) in [6, 6.07) is 1.58. The third kappa shape index (κ3) is 3.00. The van der Waals surface area contributed by atoms with Crippen molar-refractivity contribution < 1.29 is 23.1 Å². The lowest BCUT2D eigenvalue weighted by Gasteiger charge is -2.03. The Bertz CT molecular complexity index is 423. The number of halogens is 3. The van der Waals surface area contributed by atoms with Crippen LogP contribution in [0.25, 0.3) is 0 Å². The molecule has 0 heterocycles. The summed E-state index contributed by atoms with van der Waals surface area (Å²) in [7, 11) is 0. The van der Waals surface area contributed by atoms with Crippen LogP contribution in [0, 0.1) is 11.6 Å². The van der Waals surface area contributed by atoms with Crippen LogP contribution >= 0.6 is 11.6 Å². The fourth-order valence-electron chi connectivity index (χ4n) is 0.967. The van der Waals surface area contributed by atoms with Gasteiger partial charge in [0, 0.05) is 12.5 Å². The number of carbonyl (C=O) groups excluding carboxylic acids is 2. The molecule has 1 rings (SSSR count). The van der Waals surface area contributed by atoms with Crippen LogP contribution in [0.4, 0.5) is 8.78 Å². The zero-order chi connectivity index (χ0) is 12.3. The smallest absolute Gasteiger partial charge is 0.303 e. The van der Waals surface area contributed by atoms with Crippen LogP contribution in [0.15, 0.2) is 12.1 Å². The summed E-state index contributed by atoms with van der Waals surface area (Å²) in [5, 5.41) is -0.677. The van der Waals surface area contributed by atoms with Crippen molar-refractivity contribution in [1.82, 2.24) is 0 Å². The van der Waals surface area contributed by atoms with E-state index in [0.717, 1.165) is 19.1 Å². The van der Waals surface area contributed by atoms with Crippen molar-refractivity contribution in [1.29, 1.82) is 0 Å². The van der Waals surface area contributed by atoms with Crippen molar-refractivity contribution in [2.24, 2.45) is 0 Å². The van der Waals surface area contributed by atoms with E-state index in [1.807, 2.05) is 0 Å². The van der Waals surface area contributed by atoms with Gasteiger partial charge < -0.3 is 4.74 Å². The van der Waals surface area contributed by atoms with E-state index in [-0.39, 0.29) is 5.56 Å². The SMILES string of the molecule is CC(=O)OCC(=O)c1cc(F)c(Cl)c(F)c1. The van der Waals surface area contributed by atoms with Gasteiger partial charge in [0.05, 0.1) is 0 Å². The molecule has 0 spiro atoms. The van der Waals surface area contributed by atoms with Gasteiger partial charge in [0.2, 0.25) is 5.78 Å². The maximum Gasteiger partial charge on any atom is 0.303 e. The maximum absolute atomic E-state index is 13.0. The Hall–Kier alpha value is -1.49. The van der Waals surface area contributed by atoms with Gasteiger partial charge in [-0.15, -0.1) is 0 Å². The average Bonchev–Trinajstić information content (AvgIpc) is 2.21. The van der Waals surface area contributed by atoms with Crippen molar-refractivity contribution in [3.63, 3.8) is 0 Å². The fourth-order valence-corrected chi connectivity index (χ4v) is 1.08. The van der Waals surface area contributed by atoms with Crippen LogP contribution in [-0.4, -0.2) is 18.4 Å². The third-order valence-corrected chi connectivity index (χ3v) is 2.07. The number of carbonyl (C=O) groups is 2. The Morgan fingerprint density at radius 3 is 2.25 bits per heavy atom. The van der Waals surface area contributed by atoms with E-state index in [4.69, 9.17) is 11.6 Å². The Balaban J connectivity index is 2.88. The van der Waals surface area contributed by atoms with Gasteiger partial charge in [-0.25, -0.2) is 8.78 Å². The van der Waals surface area contributed by atoms with E-state index in [1.54, 1.807) is 0 Å². The van der Waals surface area contributed by atoms with Crippen LogP contribution in [0.1, 0.15) is 17.3 Å². The van der Waals surface area contributed by atoms with E-state index < -0.39 is 35.0 Å². The zero-order valence-electron chi connectivity index (χ0n) is 8.22. The van der Waals surface area contributed by atoms with Gasteiger partial charge in [0.15, 0.2) is 6.61 Å². The van der Waals surface area contributed by atoms with Crippen molar-refractivity contribution in [2.75, 3.05) is 6.61 Å². The average molecular weight is 249 g/mol. The number of rotatable bonds is 3. The highest BCUT2D eigenvalue weighted by Crippen LogP contribution is 2.20. The van der Waals surface area contributed by atoms with E-state index >= 15 is 0 Å². The molecule has 16 heavy (non-hydrogen) atoms. The summed E-state index contributed by atoms with van der Waals surface area (Å²) in [6.45, 7) is 0.562. The van der Waals surface area contributed by atoms with Crippen molar-refractivity contribution in [2.45, 2.75) is 6.92 Å². The molecular formula is C10H7ClF2O3. The molecule has 0 amide bonds. The van der Waals surface area contributed by atoms with E-state index in [1.165, 1.54) is 0 Å². The second-order valence-corrected chi connectivity index (χ2v) is 3.34. The molecule has 0 fully saturated rings. The molecule has 0 aliphatic heterocycles. The van der Waals surface area contributed by atoms with Crippen LogP contribution in [0.5, 0.6) is 0 Å². The third-order valence-electron chi connectivity index (χ3n) is 1.71. The Morgan fingerprint density at radius 2 is 1.81 bits per heavy atom. The molecule has 0 aliphatic rings. The van der Waals surface area contributed by atoms with Gasteiger partial charge in [-0.2, -0.15) is 0 Å². The highest BCUT2D eigenvalue weighted by molar-refractivity contribution is 6.31. The molecule has 86 valence electrons. The molecular weight excluding hydrogens is 242 g/mol. The zero-order valence-corrected chi connectivity index (χ0v) is 8.98. The molecule has 0 saturated carbocycles. The van der Waals surface area contributed by atoms with Gasteiger partial charge >= 0.3 is 5.97 Å². The van der Waals surface area contributed by atoms with Crippen LogP contribution in [-0.2, 0) is 9.53 Å². The molecule has 0 saturated heterocycles. The normalized spacial score (nSPS) is 10.0. The minimum atomic E-state index is -1.03. The molecule has 3 nitrogen and oxygen atoms in total. The van der Waals surface area contributed by atoms with Gasteiger partial charge in [0.25, 0.3) is 0 Å². The van der Waals surface area contributed by atoms with Crippen molar-refractivity contribution in [3.05, 3.63) is 34.4 Å². The first-order valence-corrected chi connectivity index (χ1v) is 4.60. The van der Waals surface area contributed by atoms with Gasteiger partial charge in [-0.3, -0.25) is 9.59 Å². The van der Waals surface area contributed by atoms with Gasteiger partial charge in [-0.05, 0) is 12.1 Å². The quantitative estimate of drug-likeness (QED) is 0.469. The second kappa shape index (κ2) is 5.03. The molecule has 6 heteroatoms. The number of esters is 1. The molecule has 0 atom stereocenters. The molecule has 0 N–H and O–H groups in total. The molecule has 0 unspecified atom stereocenters. The summed E-state index contributed by atoms with van der Waals surface area (Å²) in [5.74, 6) is -3.42. The summed E-state index contributed by atoms with van der Waals surface area (Å²) in [5.41, 5.74) is -0.236. The first-order chi connectivity index (χ1) is 7.41. The van der Waals surface area contributed by atoms with E-state index in [9.17, 15) is 18.4 Å². The molecule has 0 aliphatic carbocycles. The molecule has 1 aromatic rings. The number of Topliss-reactive ketones (excluding diaryl/α,β-unsaturated/α-hetero) is 1. The topological polar surface area (TPSA) is 43.4 Å². The summed E-state index contributed by atoms with van der Waals surface area (Å²) < 4.78 is 30.3. The highest BCUT2D eigenvalue weighted by Gasteiger charge is 2.14. The molecule has 0 bridgehead atoms. The van der Waals surface area contributed by atoms with Gasteiger partial charge in [-0.1, -0.05) is 11.6 Å². The lowest BCUT2D eigenvalue weighted by atomic mass is 10.1. The number of ether oxygens (including phenoxy) is 1. The summed E-state index contributed by atoms with van der Waals surface area (Å²) in [4.78, 5) is 21.7. The Kier molecular flexibility index (Phi) is 3.95. The number of hydrogen-bond acceptors (Lipinski definition) is 3. The largest absolute Gasteiger partial charge is 0.457 e. The standard InChI is InChI=1S/C10H7ClF2O3/c1-5(14)16-4-9(15)6-2-7(12)10(11)8(13)3-6/h2-3H,4H2,1H3. The minimum Gasteiger partial charge on any atom is -0.457 e. The first-order valence-electron chi connectivity index (χ1n) is 4.23. The maximum atomic E-state index is 13.0. The fraction of sp³-hybridized carbons (Fsp3) is 0.200. The number of benzene rings is 1. The predicted molar refractivity (Wildman–Crippen MR) is 52.3 cm³/mol. The lowest BCUT2D eigenvalue weighted by Crippen LogP contribution is -2.12. The van der Waals surface area contributed by atoms with Crippen molar-refractivity contribution in [3.8, 4) is 0 Å². The Morgan fingerprint density at radius 1 is 1.31 bits per heavy atom. The molecule has 1 aromatic carbocycles. The van der Waals surface area contributed by atoms with E-state index in [0.29, 0.717) is 0 Å². The monoisotopic (exact) mass is 248 g/mol. The summed E-state index contributed by atoms with van der Waals surface area (Å²) >= 11 is 5.24. The van der Waals surface area contributed by atoms with Crippen LogP contribution < -0.4 is 0 Å². The number of ketones is 1. The molecule has 0 radical (unpaired) electrons. The van der Waals surface area contributed by atoms with Crippen LogP contribution in [0.2, 0.25) is 5.02 Å². The summed E-state index contributed by atoms with van der Waals surface area (Å²) in [6.07, 6.45) is 0. The van der Waals surface area contributed by atoms with E-state index in [2.05, 4.69) is 4.74 Å². The Labute approximate surface area is 95.0 Å².